The van der Waals surface area contributed by atoms with Crippen LogP contribution in [0.1, 0.15) is 5.69 Å². The summed E-state index contributed by atoms with van der Waals surface area (Å²) in [6.07, 6.45) is 1.53. The molecule has 6 heteroatoms. The van der Waals surface area contributed by atoms with Gasteiger partial charge in [0, 0.05) is 12.3 Å². The van der Waals surface area contributed by atoms with E-state index >= 15 is 0 Å². The highest BCUT2D eigenvalue weighted by molar-refractivity contribution is 6.30. The fourth-order valence-corrected chi connectivity index (χ4v) is 2.12. The number of hydrogen-bond acceptors (Lipinski definition) is 4. The van der Waals surface area contributed by atoms with Crippen LogP contribution in [0.5, 0.6) is 5.75 Å². The fourth-order valence-electron chi connectivity index (χ4n) is 1.96. The van der Waals surface area contributed by atoms with Gasteiger partial charge >= 0.3 is 0 Å². The third kappa shape index (κ3) is 2.83. The Morgan fingerprint density at radius 3 is 2.86 bits per heavy atom. The molecule has 21 heavy (non-hydrogen) atoms. The van der Waals surface area contributed by atoms with Crippen molar-refractivity contribution in [1.29, 1.82) is 0 Å². The predicted molar refractivity (Wildman–Crippen MR) is 81.7 cm³/mol. The van der Waals surface area contributed by atoms with Gasteiger partial charge in [-0.2, -0.15) is 0 Å². The lowest BCUT2D eigenvalue weighted by Crippen LogP contribution is -2.16. The lowest BCUT2D eigenvalue weighted by Gasteiger charge is -2.08. The maximum Gasteiger partial charge on any atom is 0.258 e. The molecule has 0 amide bonds. The molecule has 2 N–H and O–H groups in total. The Hall–Kier alpha value is -2.53. The van der Waals surface area contributed by atoms with Gasteiger partial charge in [0.15, 0.2) is 0 Å². The van der Waals surface area contributed by atoms with Gasteiger partial charge in [-0.05, 0) is 24.3 Å². The molecule has 0 aliphatic carbocycles. The van der Waals surface area contributed by atoms with E-state index in [1.54, 1.807) is 24.3 Å². The van der Waals surface area contributed by atoms with Crippen molar-refractivity contribution in [3.63, 3.8) is 0 Å². The monoisotopic (exact) mass is 301 g/mol. The number of nitrogen functional groups attached to an aromatic ring is 1. The van der Waals surface area contributed by atoms with Crippen molar-refractivity contribution in [3.05, 3.63) is 69.7 Å². The van der Waals surface area contributed by atoms with E-state index in [1.807, 2.05) is 12.1 Å². The molecular weight excluding hydrogens is 290 g/mol. The summed E-state index contributed by atoms with van der Waals surface area (Å²) in [6.45, 7) is 0.169. The molecule has 0 atom stereocenters. The minimum atomic E-state index is -0.206. The van der Waals surface area contributed by atoms with Gasteiger partial charge in [0.2, 0.25) is 0 Å². The summed E-state index contributed by atoms with van der Waals surface area (Å²) < 4.78 is 6.98. The van der Waals surface area contributed by atoms with Crippen molar-refractivity contribution < 1.29 is 4.74 Å². The van der Waals surface area contributed by atoms with Crippen LogP contribution in [0.2, 0.25) is 5.02 Å². The number of fused-ring (bicyclic) bond motifs is 1. The van der Waals surface area contributed by atoms with E-state index < -0.39 is 0 Å². The minimum absolute atomic E-state index is 0.169. The van der Waals surface area contributed by atoms with Crippen LogP contribution >= 0.6 is 11.6 Å². The predicted octanol–water partition coefficient (Wildman–Crippen LogP) is 2.51. The number of pyridine rings is 1. The Bertz CT molecular complexity index is 861. The first-order chi connectivity index (χ1) is 10.1. The molecule has 106 valence electrons. The molecule has 0 spiro atoms. The van der Waals surface area contributed by atoms with Crippen LogP contribution in [-0.4, -0.2) is 9.38 Å². The molecule has 0 aliphatic heterocycles. The number of para-hydroxylation sites is 2. The Balaban J connectivity index is 1.90. The number of halogens is 1. The van der Waals surface area contributed by atoms with E-state index in [2.05, 4.69) is 4.98 Å². The van der Waals surface area contributed by atoms with Gasteiger partial charge < -0.3 is 10.5 Å². The molecule has 0 fully saturated rings. The second-order valence-electron chi connectivity index (χ2n) is 4.49. The molecule has 2 heterocycles. The van der Waals surface area contributed by atoms with Crippen LogP contribution in [0.4, 0.5) is 5.69 Å². The third-order valence-electron chi connectivity index (χ3n) is 2.97. The highest BCUT2D eigenvalue weighted by Gasteiger charge is 2.05. The maximum absolute atomic E-state index is 12.0. The van der Waals surface area contributed by atoms with Crippen LogP contribution in [0, 0.1) is 0 Å². The fraction of sp³-hybridized carbons (Fsp3) is 0.0667. The number of benzene rings is 1. The first kappa shape index (κ1) is 13.5. The molecule has 0 bridgehead atoms. The Morgan fingerprint density at radius 1 is 1.24 bits per heavy atom. The molecule has 0 saturated heterocycles. The van der Waals surface area contributed by atoms with Gasteiger partial charge in [-0.1, -0.05) is 23.7 Å². The zero-order valence-corrected chi connectivity index (χ0v) is 11.7. The maximum atomic E-state index is 12.0. The average molecular weight is 302 g/mol. The molecule has 0 unspecified atom stereocenters. The quantitative estimate of drug-likeness (QED) is 0.755. The topological polar surface area (TPSA) is 69.6 Å². The first-order valence-electron chi connectivity index (χ1n) is 6.28. The smallest absolute Gasteiger partial charge is 0.258 e. The largest absolute Gasteiger partial charge is 0.485 e. The van der Waals surface area contributed by atoms with Crippen LogP contribution in [0.3, 0.4) is 0 Å². The highest BCUT2D eigenvalue weighted by atomic mass is 35.5. The van der Waals surface area contributed by atoms with Crippen molar-refractivity contribution >= 4 is 22.9 Å². The van der Waals surface area contributed by atoms with Crippen LogP contribution < -0.4 is 16.0 Å². The molecule has 2 aromatic heterocycles. The molecular formula is C15H12ClN3O2. The van der Waals surface area contributed by atoms with E-state index in [-0.39, 0.29) is 12.2 Å². The zero-order valence-electron chi connectivity index (χ0n) is 11.0. The lowest BCUT2D eigenvalue weighted by atomic mass is 10.3. The van der Waals surface area contributed by atoms with Gasteiger partial charge in [0.25, 0.3) is 5.56 Å². The van der Waals surface area contributed by atoms with Crippen LogP contribution in [0.15, 0.2) is 53.5 Å². The summed E-state index contributed by atoms with van der Waals surface area (Å²) >= 11 is 5.86. The first-order valence-corrected chi connectivity index (χ1v) is 6.66. The number of ether oxygens (including phenoxy) is 1. The van der Waals surface area contributed by atoms with Crippen molar-refractivity contribution in [2.75, 3.05) is 5.73 Å². The van der Waals surface area contributed by atoms with Gasteiger partial charge in [-0.3, -0.25) is 9.20 Å². The van der Waals surface area contributed by atoms with Gasteiger partial charge in [-0.25, -0.2) is 4.98 Å². The number of hydrogen-bond donors (Lipinski definition) is 1. The van der Waals surface area contributed by atoms with E-state index in [4.69, 9.17) is 22.1 Å². The summed E-state index contributed by atoms with van der Waals surface area (Å²) in [7, 11) is 0. The van der Waals surface area contributed by atoms with Gasteiger partial charge in [0.1, 0.15) is 18.0 Å². The molecule has 3 rings (SSSR count). The van der Waals surface area contributed by atoms with Crippen molar-refractivity contribution in [2.45, 2.75) is 6.61 Å². The van der Waals surface area contributed by atoms with E-state index in [0.29, 0.717) is 27.8 Å². The van der Waals surface area contributed by atoms with Crippen molar-refractivity contribution in [1.82, 2.24) is 9.38 Å². The second-order valence-corrected chi connectivity index (χ2v) is 4.92. The van der Waals surface area contributed by atoms with Gasteiger partial charge in [0.05, 0.1) is 16.4 Å². The highest BCUT2D eigenvalue weighted by Crippen LogP contribution is 2.20. The molecule has 0 aliphatic rings. The SMILES string of the molecule is Nc1ccccc1OCc1cc(=O)n2cc(Cl)ccc2n1. The Labute approximate surface area is 125 Å². The van der Waals surface area contributed by atoms with Crippen LogP contribution in [-0.2, 0) is 6.61 Å². The second kappa shape index (κ2) is 5.46. The molecule has 5 nitrogen and oxygen atoms in total. The number of anilines is 1. The minimum Gasteiger partial charge on any atom is -0.485 e. The summed E-state index contributed by atoms with van der Waals surface area (Å²) in [4.78, 5) is 16.4. The summed E-state index contributed by atoms with van der Waals surface area (Å²) in [6, 6.07) is 12.0. The number of nitrogens with zero attached hydrogens (tertiary/aromatic N) is 2. The zero-order chi connectivity index (χ0) is 14.8. The Morgan fingerprint density at radius 2 is 2.05 bits per heavy atom. The number of rotatable bonds is 3. The van der Waals surface area contributed by atoms with E-state index in [9.17, 15) is 4.79 Å². The standard InChI is InChI=1S/C15H12ClN3O2/c16-10-5-6-14-18-11(7-15(20)19(14)8-10)9-21-13-4-2-1-3-12(13)17/h1-8H,9,17H2. The Kier molecular flexibility index (Phi) is 3.50. The molecule has 0 radical (unpaired) electrons. The molecule has 3 aromatic rings. The van der Waals surface area contributed by atoms with Crippen LogP contribution in [0.25, 0.3) is 5.65 Å². The lowest BCUT2D eigenvalue weighted by molar-refractivity contribution is 0.303. The third-order valence-corrected chi connectivity index (χ3v) is 3.19. The van der Waals surface area contributed by atoms with E-state index in [0.717, 1.165) is 0 Å². The summed E-state index contributed by atoms with van der Waals surface area (Å²) in [5, 5.41) is 0.479. The van der Waals surface area contributed by atoms with E-state index in [1.165, 1.54) is 16.7 Å². The summed E-state index contributed by atoms with van der Waals surface area (Å²) in [5.74, 6) is 0.565. The van der Waals surface area contributed by atoms with Gasteiger partial charge in [-0.15, -0.1) is 0 Å². The molecule has 1 aromatic carbocycles. The van der Waals surface area contributed by atoms with Crippen molar-refractivity contribution in [2.24, 2.45) is 0 Å². The molecule has 0 saturated carbocycles. The van der Waals surface area contributed by atoms with Crippen molar-refractivity contribution in [3.8, 4) is 5.75 Å². The normalized spacial score (nSPS) is 10.7. The summed E-state index contributed by atoms with van der Waals surface area (Å²) in [5.41, 5.74) is 7.19. The number of nitrogens with two attached hydrogens (primary N) is 1. The number of aromatic nitrogens is 2. The average Bonchev–Trinajstić information content (AvgIpc) is 2.47.